The molecular weight excluding hydrogens is 206 g/mol. The molecule has 1 saturated carbocycles. The molecule has 0 heterocycles. The second kappa shape index (κ2) is 5.72. The fourth-order valence-electron chi connectivity index (χ4n) is 2.59. The van der Waals surface area contributed by atoms with Crippen LogP contribution >= 0.6 is 0 Å². The zero-order valence-electron chi connectivity index (χ0n) is 9.79. The van der Waals surface area contributed by atoms with Crippen LogP contribution in [0, 0.1) is 11.3 Å². The minimum atomic E-state index is -0.765. The molecule has 0 spiro atoms. The average molecular weight is 227 g/mol. The van der Waals surface area contributed by atoms with Gasteiger partial charge in [0.15, 0.2) is 11.7 Å². The predicted molar refractivity (Wildman–Crippen MR) is 61.8 cm³/mol. The molecule has 0 amide bonds. The maximum absolute atomic E-state index is 10.7. The summed E-state index contributed by atoms with van der Waals surface area (Å²) in [6.45, 7) is 2.53. The molecule has 1 aliphatic rings. The first kappa shape index (κ1) is 12.8. The number of ether oxygens (including phenoxy) is 1. The number of hydrogen-bond donors (Lipinski definition) is 3. The smallest absolute Gasteiger partial charge is 0.295 e. The molecule has 0 saturated heterocycles. The van der Waals surface area contributed by atoms with Gasteiger partial charge in [-0.2, -0.15) is 0 Å². The summed E-state index contributed by atoms with van der Waals surface area (Å²) in [5, 5.41) is 10.2. The lowest BCUT2D eigenvalue weighted by Gasteiger charge is -2.38. The molecular formula is C11H21N3O2. The predicted octanol–water partition coefficient (Wildman–Crippen LogP) is 1.33. The van der Waals surface area contributed by atoms with Gasteiger partial charge in [0.25, 0.3) is 6.47 Å². The van der Waals surface area contributed by atoms with Crippen molar-refractivity contribution in [3.63, 3.8) is 0 Å². The first-order valence-corrected chi connectivity index (χ1v) is 5.88. The number of hydrogen-bond acceptors (Lipinski definition) is 3. The average Bonchev–Trinajstić information content (AvgIpc) is 2.40. The fraction of sp³-hybridized carbons (Fsp3) is 0.818. The van der Waals surface area contributed by atoms with Crippen molar-refractivity contribution in [3.05, 3.63) is 0 Å². The minimum absolute atomic E-state index is 0.137. The summed E-state index contributed by atoms with van der Waals surface area (Å²) in [5.74, 6) is 0.0892. The molecule has 16 heavy (non-hydrogen) atoms. The van der Waals surface area contributed by atoms with Crippen LogP contribution in [0.5, 0.6) is 0 Å². The largest absolute Gasteiger partial charge is 0.441 e. The molecule has 0 radical (unpaired) electrons. The summed E-state index contributed by atoms with van der Waals surface area (Å²) in [6, 6.07) is 0. The van der Waals surface area contributed by atoms with E-state index >= 15 is 0 Å². The van der Waals surface area contributed by atoms with Crippen molar-refractivity contribution in [3.8, 4) is 0 Å². The van der Waals surface area contributed by atoms with Crippen LogP contribution in [-0.4, -0.2) is 18.2 Å². The Labute approximate surface area is 96.2 Å². The van der Waals surface area contributed by atoms with Gasteiger partial charge in [-0.1, -0.05) is 19.8 Å². The molecule has 1 rings (SSSR count). The number of guanidine groups is 1. The van der Waals surface area contributed by atoms with Crippen LogP contribution in [0.3, 0.4) is 0 Å². The van der Waals surface area contributed by atoms with Crippen LogP contribution in [0.25, 0.3) is 0 Å². The lowest BCUT2D eigenvalue weighted by atomic mass is 9.88. The Kier molecular flexibility index (Phi) is 4.58. The Bertz CT molecular complexity index is 258. The highest BCUT2D eigenvalue weighted by Crippen LogP contribution is 2.35. The Balaban J connectivity index is 2.89. The van der Waals surface area contributed by atoms with Crippen LogP contribution in [-0.2, 0) is 9.53 Å². The van der Waals surface area contributed by atoms with Crippen molar-refractivity contribution in [2.75, 3.05) is 0 Å². The molecule has 4 N–H and O–H groups in total. The van der Waals surface area contributed by atoms with Gasteiger partial charge in [-0.15, -0.1) is 0 Å². The van der Waals surface area contributed by atoms with E-state index in [9.17, 15) is 4.79 Å². The molecule has 1 fully saturated rings. The lowest BCUT2D eigenvalue weighted by Crippen LogP contribution is -2.57. The quantitative estimate of drug-likeness (QED) is 0.222. The number of rotatable bonds is 4. The Morgan fingerprint density at radius 1 is 1.62 bits per heavy atom. The maximum Gasteiger partial charge on any atom is 0.295 e. The van der Waals surface area contributed by atoms with Gasteiger partial charge in [0.1, 0.15) is 0 Å². The van der Waals surface area contributed by atoms with Crippen molar-refractivity contribution < 1.29 is 9.53 Å². The third-order valence-electron chi connectivity index (χ3n) is 3.36. The molecule has 0 bridgehead atoms. The zero-order chi connectivity index (χ0) is 12.0. The van der Waals surface area contributed by atoms with Gasteiger partial charge in [-0.3, -0.25) is 10.2 Å². The van der Waals surface area contributed by atoms with Crippen molar-refractivity contribution in [1.29, 1.82) is 5.41 Å². The standard InChI is InChI=1S/C11H21N3O2/c1-2-9-6-4-3-5-7-11(9,16-8-15)14-10(12)13/h8-9H,2-7H2,1H3,(H4,12,13,14). The second-order valence-corrected chi connectivity index (χ2v) is 4.35. The van der Waals surface area contributed by atoms with Crippen LogP contribution in [0.1, 0.15) is 45.4 Å². The van der Waals surface area contributed by atoms with E-state index in [1.165, 1.54) is 0 Å². The van der Waals surface area contributed by atoms with E-state index in [0.717, 1.165) is 38.5 Å². The summed E-state index contributed by atoms with van der Waals surface area (Å²) < 4.78 is 5.25. The van der Waals surface area contributed by atoms with Gasteiger partial charge < -0.3 is 15.8 Å². The van der Waals surface area contributed by atoms with E-state index in [-0.39, 0.29) is 11.9 Å². The Hall–Kier alpha value is -1.26. The first-order chi connectivity index (χ1) is 7.64. The third-order valence-corrected chi connectivity index (χ3v) is 3.36. The third kappa shape index (κ3) is 2.87. The molecule has 2 unspecified atom stereocenters. The van der Waals surface area contributed by atoms with E-state index in [0.29, 0.717) is 6.47 Å². The second-order valence-electron chi connectivity index (χ2n) is 4.35. The molecule has 1 aliphatic carbocycles. The highest BCUT2D eigenvalue weighted by molar-refractivity contribution is 5.75. The maximum atomic E-state index is 10.7. The highest BCUT2D eigenvalue weighted by atomic mass is 16.6. The van der Waals surface area contributed by atoms with Gasteiger partial charge in [-0.25, -0.2) is 0 Å². The Morgan fingerprint density at radius 3 is 2.94 bits per heavy atom. The molecule has 0 aromatic heterocycles. The molecule has 5 heteroatoms. The van der Waals surface area contributed by atoms with E-state index in [4.69, 9.17) is 15.9 Å². The number of carbonyl (C=O) groups is 1. The van der Waals surface area contributed by atoms with Crippen molar-refractivity contribution >= 4 is 12.4 Å². The van der Waals surface area contributed by atoms with Gasteiger partial charge >= 0.3 is 0 Å². The summed E-state index contributed by atoms with van der Waals surface area (Å²) >= 11 is 0. The van der Waals surface area contributed by atoms with Gasteiger partial charge in [0.2, 0.25) is 0 Å². The SMILES string of the molecule is CCC1CCCCCC1(NC(=N)N)OC=O. The molecule has 0 aliphatic heterocycles. The highest BCUT2D eigenvalue weighted by Gasteiger charge is 2.41. The minimum Gasteiger partial charge on any atom is -0.441 e. The monoisotopic (exact) mass is 227 g/mol. The first-order valence-electron chi connectivity index (χ1n) is 5.88. The van der Waals surface area contributed by atoms with Crippen LogP contribution in [0.2, 0.25) is 0 Å². The number of nitrogens with two attached hydrogens (primary N) is 1. The number of carbonyl (C=O) groups excluding carboxylic acids is 1. The summed E-state index contributed by atoms with van der Waals surface area (Å²) in [5.41, 5.74) is 4.62. The molecule has 92 valence electrons. The van der Waals surface area contributed by atoms with Crippen LogP contribution in [0.4, 0.5) is 0 Å². The van der Waals surface area contributed by atoms with E-state index in [1.807, 2.05) is 0 Å². The topological polar surface area (TPSA) is 88.2 Å². The lowest BCUT2D eigenvalue weighted by molar-refractivity contribution is -0.154. The molecule has 0 aromatic rings. The normalized spacial score (nSPS) is 30.2. The fourth-order valence-corrected chi connectivity index (χ4v) is 2.59. The molecule has 2 atom stereocenters. The summed E-state index contributed by atoms with van der Waals surface area (Å²) in [6.07, 6.45) is 5.91. The molecule has 5 nitrogen and oxygen atoms in total. The zero-order valence-corrected chi connectivity index (χ0v) is 9.79. The van der Waals surface area contributed by atoms with E-state index in [2.05, 4.69) is 12.2 Å². The van der Waals surface area contributed by atoms with Gasteiger partial charge in [-0.05, 0) is 19.3 Å². The van der Waals surface area contributed by atoms with Gasteiger partial charge in [0.05, 0.1) is 0 Å². The van der Waals surface area contributed by atoms with E-state index < -0.39 is 5.72 Å². The van der Waals surface area contributed by atoms with Crippen molar-refractivity contribution in [2.24, 2.45) is 11.7 Å². The number of nitrogens with one attached hydrogen (secondary N) is 2. The van der Waals surface area contributed by atoms with Crippen LogP contribution < -0.4 is 11.1 Å². The molecule has 0 aromatic carbocycles. The summed E-state index contributed by atoms with van der Waals surface area (Å²) in [4.78, 5) is 10.7. The van der Waals surface area contributed by atoms with Gasteiger partial charge in [0, 0.05) is 12.3 Å². The van der Waals surface area contributed by atoms with Crippen LogP contribution in [0.15, 0.2) is 0 Å². The Morgan fingerprint density at radius 2 is 2.38 bits per heavy atom. The van der Waals surface area contributed by atoms with E-state index in [1.54, 1.807) is 0 Å². The van der Waals surface area contributed by atoms with Crippen molar-refractivity contribution in [2.45, 2.75) is 51.2 Å². The summed E-state index contributed by atoms with van der Waals surface area (Å²) in [7, 11) is 0. The van der Waals surface area contributed by atoms with Crippen molar-refractivity contribution in [1.82, 2.24) is 5.32 Å².